The quantitative estimate of drug-likeness (QED) is 0.807. The Morgan fingerprint density at radius 2 is 1.82 bits per heavy atom. The summed E-state index contributed by atoms with van der Waals surface area (Å²) in [6.07, 6.45) is 4.08. The number of rotatable bonds is 3. The van der Waals surface area contributed by atoms with E-state index >= 15 is 0 Å². The fraction of sp³-hybridized carbons (Fsp3) is 0.240. The van der Waals surface area contributed by atoms with Gasteiger partial charge in [0.15, 0.2) is 5.78 Å². The molecule has 0 spiro atoms. The molecule has 0 aliphatic heterocycles. The van der Waals surface area contributed by atoms with Gasteiger partial charge in [0.1, 0.15) is 11.5 Å². The minimum Gasteiger partial charge on any atom is -0.507 e. The summed E-state index contributed by atoms with van der Waals surface area (Å²) in [4.78, 5) is 13.1. The smallest absolute Gasteiger partial charge is 0.165 e. The first-order chi connectivity index (χ1) is 13.3. The number of aliphatic hydroxyl groups is 1. The first-order valence-corrected chi connectivity index (χ1v) is 9.41. The van der Waals surface area contributed by atoms with Crippen LogP contribution in [-0.4, -0.2) is 18.0 Å². The highest BCUT2D eigenvalue weighted by atomic mass is 16.5. The molecule has 0 aromatic heterocycles. The molecule has 0 heterocycles. The number of ether oxygens (including phenoxy) is 1. The first kappa shape index (κ1) is 18.3. The van der Waals surface area contributed by atoms with E-state index in [1.165, 1.54) is 0 Å². The molecule has 2 atom stereocenters. The lowest BCUT2D eigenvalue weighted by Crippen LogP contribution is -2.46. The van der Waals surface area contributed by atoms with Crippen molar-refractivity contribution in [3.8, 4) is 5.75 Å². The molecule has 28 heavy (non-hydrogen) atoms. The number of methoxy groups -OCH3 is 1. The van der Waals surface area contributed by atoms with E-state index in [2.05, 4.69) is 13.5 Å². The van der Waals surface area contributed by atoms with Crippen LogP contribution in [0.3, 0.4) is 0 Å². The van der Waals surface area contributed by atoms with Crippen LogP contribution in [0, 0.1) is 5.41 Å². The number of allylic oxidation sites excluding steroid dienone is 4. The fourth-order valence-electron chi connectivity index (χ4n) is 4.74. The van der Waals surface area contributed by atoms with Crippen molar-refractivity contribution < 1.29 is 14.6 Å². The maximum Gasteiger partial charge on any atom is 0.165 e. The SMILES string of the molecule is C=C1C(O)=C2[C@@](C)(Cc3ccccc3)C(=O)C=C[C@]2(C)c2cc(OC)ccc21. The average molecular weight is 372 g/mol. The van der Waals surface area contributed by atoms with Crippen LogP contribution in [0.5, 0.6) is 5.75 Å². The highest BCUT2D eigenvalue weighted by molar-refractivity contribution is 6.02. The van der Waals surface area contributed by atoms with Crippen LogP contribution in [-0.2, 0) is 16.6 Å². The Morgan fingerprint density at radius 1 is 1.11 bits per heavy atom. The first-order valence-electron chi connectivity index (χ1n) is 9.41. The molecule has 0 radical (unpaired) electrons. The number of hydrogen-bond acceptors (Lipinski definition) is 3. The van der Waals surface area contributed by atoms with Gasteiger partial charge in [-0.05, 0) is 55.2 Å². The Kier molecular flexibility index (Phi) is 4.07. The molecule has 3 nitrogen and oxygen atoms in total. The van der Waals surface area contributed by atoms with E-state index in [0.29, 0.717) is 17.6 Å². The molecule has 2 aromatic carbocycles. The minimum atomic E-state index is -0.862. The molecule has 0 unspecified atom stereocenters. The molecule has 2 aliphatic rings. The summed E-state index contributed by atoms with van der Waals surface area (Å²) in [5.41, 5.74) is 2.71. The summed E-state index contributed by atoms with van der Waals surface area (Å²) in [7, 11) is 1.63. The molecular weight excluding hydrogens is 348 g/mol. The summed E-state index contributed by atoms with van der Waals surface area (Å²) < 4.78 is 5.44. The van der Waals surface area contributed by atoms with Gasteiger partial charge >= 0.3 is 0 Å². The van der Waals surface area contributed by atoms with E-state index in [1.54, 1.807) is 13.2 Å². The molecule has 2 aliphatic carbocycles. The predicted octanol–water partition coefficient (Wildman–Crippen LogP) is 5.18. The summed E-state index contributed by atoms with van der Waals surface area (Å²) in [6.45, 7) is 8.10. The third-order valence-corrected chi connectivity index (χ3v) is 6.22. The Bertz CT molecular complexity index is 1040. The van der Waals surface area contributed by atoms with Gasteiger partial charge in [0.05, 0.1) is 12.5 Å². The molecule has 0 bridgehead atoms. The van der Waals surface area contributed by atoms with Crippen LogP contribution >= 0.6 is 0 Å². The van der Waals surface area contributed by atoms with Gasteiger partial charge < -0.3 is 9.84 Å². The molecule has 4 rings (SSSR count). The highest BCUT2D eigenvalue weighted by Gasteiger charge is 2.52. The average Bonchev–Trinajstić information content (AvgIpc) is 2.70. The van der Waals surface area contributed by atoms with E-state index < -0.39 is 10.8 Å². The number of benzene rings is 2. The van der Waals surface area contributed by atoms with E-state index in [0.717, 1.165) is 22.4 Å². The highest BCUT2D eigenvalue weighted by Crippen LogP contribution is 2.56. The third-order valence-electron chi connectivity index (χ3n) is 6.22. The van der Waals surface area contributed by atoms with Gasteiger partial charge in [-0.2, -0.15) is 0 Å². The van der Waals surface area contributed by atoms with Gasteiger partial charge in [0.25, 0.3) is 0 Å². The summed E-state index contributed by atoms with van der Waals surface area (Å²) in [6, 6.07) is 15.7. The molecule has 0 saturated carbocycles. The molecule has 0 amide bonds. The summed E-state index contributed by atoms with van der Waals surface area (Å²) in [5.74, 6) is 0.856. The number of aliphatic hydroxyl groups excluding tert-OH is 1. The van der Waals surface area contributed by atoms with E-state index in [-0.39, 0.29) is 11.5 Å². The molecule has 142 valence electrons. The zero-order chi connectivity index (χ0) is 20.1. The fourth-order valence-corrected chi connectivity index (χ4v) is 4.74. The monoisotopic (exact) mass is 372 g/mol. The van der Waals surface area contributed by atoms with Gasteiger partial charge in [-0.1, -0.05) is 49.1 Å². The van der Waals surface area contributed by atoms with Gasteiger partial charge in [-0.15, -0.1) is 0 Å². The van der Waals surface area contributed by atoms with E-state index in [4.69, 9.17) is 4.74 Å². The van der Waals surface area contributed by atoms with Crippen molar-refractivity contribution in [1.82, 2.24) is 0 Å². The van der Waals surface area contributed by atoms with Crippen LogP contribution in [0.1, 0.15) is 30.5 Å². The molecule has 0 fully saturated rings. The zero-order valence-corrected chi connectivity index (χ0v) is 16.5. The second-order valence-electron chi connectivity index (χ2n) is 8.01. The Morgan fingerprint density at radius 3 is 2.50 bits per heavy atom. The Balaban J connectivity index is 1.96. The van der Waals surface area contributed by atoms with Crippen LogP contribution < -0.4 is 4.74 Å². The molecule has 3 heteroatoms. The number of ketones is 1. The predicted molar refractivity (Wildman–Crippen MR) is 111 cm³/mol. The third kappa shape index (κ3) is 2.46. The Labute approximate surface area is 165 Å². The van der Waals surface area contributed by atoms with Crippen molar-refractivity contribution in [2.75, 3.05) is 7.11 Å². The molecule has 2 aromatic rings. The molecular formula is C25H24O3. The normalized spacial score (nSPS) is 26.1. The number of carbonyl (C=O) groups excluding carboxylic acids is 1. The van der Waals surface area contributed by atoms with Gasteiger partial charge in [0, 0.05) is 16.6 Å². The van der Waals surface area contributed by atoms with E-state index in [9.17, 15) is 9.90 Å². The molecule has 0 saturated heterocycles. The molecule has 1 N–H and O–H groups in total. The largest absolute Gasteiger partial charge is 0.507 e. The topological polar surface area (TPSA) is 46.5 Å². The van der Waals surface area contributed by atoms with Crippen LogP contribution in [0.2, 0.25) is 0 Å². The Hall–Kier alpha value is -3.07. The summed E-state index contributed by atoms with van der Waals surface area (Å²) >= 11 is 0. The number of carbonyl (C=O) groups is 1. The maximum atomic E-state index is 13.1. The van der Waals surface area contributed by atoms with Gasteiger partial charge in [0.2, 0.25) is 0 Å². The minimum absolute atomic E-state index is 0.00507. The zero-order valence-electron chi connectivity index (χ0n) is 16.5. The van der Waals surface area contributed by atoms with Crippen LogP contribution in [0.15, 0.2) is 78.6 Å². The lowest BCUT2D eigenvalue weighted by molar-refractivity contribution is -0.122. The second kappa shape index (κ2) is 6.23. The number of fused-ring (bicyclic) bond motifs is 3. The van der Waals surface area contributed by atoms with Crippen molar-refractivity contribution in [3.63, 3.8) is 0 Å². The number of hydrogen-bond donors (Lipinski definition) is 1. The van der Waals surface area contributed by atoms with Crippen LogP contribution in [0.4, 0.5) is 0 Å². The van der Waals surface area contributed by atoms with Crippen molar-refractivity contribution in [2.24, 2.45) is 5.41 Å². The van der Waals surface area contributed by atoms with Gasteiger partial charge in [-0.3, -0.25) is 4.79 Å². The second-order valence-corrected chi connectivity index (χ2v) is 8.01. The van der Waals surface area contributed by atoms with Crippen molar-refractivity contribution in [3.05, 3.63) is 95.3 Å². The van der Waals surface area contributed by atoms with Crippen molar-refractivity contribution >= 4 is 11.4 Å². The van der Waals surface area contributed by atoms with Gasteiger partial charge in [-0.25, -0.2) is 0 Å². The van der Waals surface area contributed by atoms with Crippen LogP contribution in [0.25, 0.3) is 5.57 Å². The standard InChI is InChI=1S/C25H24O3/c1-16-19-11-10-18(28-4)14-20(19)24(2)13-12-21(26)25(3,23(24)22(16)27)15-17-8-6-5-7-9-17/h5-14,27H,1,15H2,2-4H3/t24-,25+/m1/s1. The van der Waals surface area contributed by atoms with Crippen molar-refractivity contribution in [2.45, 2.75) is 25.7 Å². The van der Waals surface area contributed by atoms with E-state index in [1.807, 2.05) is 61.5 Å². The summed E-state index contributed by atoms with van der Waals surface area (Å²) in [5, 5.41) is 11.2. The lowest BCUT2D eigenvalue weighted by Gasteiger charge is -2.47. The van der Waals surface area contributed by atoms with Crippen molar-refractivity contribution in [1.29, 1.82) is 0 Å². The lowest BCUT2D eigenvalue weighted by atomic mass is 9.55. The maximum absolute atomic E-state index is 13.1.